The van der Waals surface area contributed by atoms with E-state index in [1.807, 2.05) is 18.7 Å². The van der Waals surface area contributed by atoms with Gasteiger partial charge < -0.3 is 10.0 Å². The average molecular weight is 262 g/mol. The molecular formula is C11H13Cl2NO2. The number of anilines is 1. The Morgan fingerprint density at radius 1 is 1.31 bits per heavy atom. The lowest BCUT2D eigenvalue weighted by molar-refractivity contribution is 0.0697. The van der Waals surface area contributed by atoms with Gasteiger partial charge in [0.15, 0.2) is 0 Å². The van der Waals surface area contributed by atoms with E-state index in [0.29, 0.717) is 28.8 Å². The Kier molecular flexibility index (Phi) is 4.44. The van der Waals surface area contributed by atoms with Gasteiger partial charge in [-0.05, 0) is 26.0 Å². The van der Waals surface area contributed by atoms with Gasteiger partial charge >= 0.3 is 5.97 Å². The molecule has 0 unspecified atom stereocenters. The van der Waals surface area contributed by atoms with E-state index in [0.717, 1.165) is 0 Å². The lowest BCUT2D eigenvalue weighted by atomic mass is 10.1. The van der Waals surface area contributed by atoms with Crippen LogP contribution in [-0.2, 0) is 0 Å². The predicted molar refractivity (Wildman–Crippen MR) is 67.0 cm³/mol. The van der Waals surface area contributed by atoms with Gasteiger partial charge in [0.05, 0.1) is 16.3 Å². The van der Waals surface area contributed by atoms with Gasteiger partial charge in [0.25, 0.3) is 0 Å². The highest BCUT2D eigenvalue weighted by atomic mass is 35.5. The van der Waals surface area contributed by atoms with Crippen LogP contribution in [-0.4, -0.2) is 24.2 Å². The molecule has 0 radical (unpaired) electrons. The monoisotopic (exact) mass is 261 g/mol. The number of aromatic carboxylic acids is 1. The Balaban J connectivity index is 3.39. The Hall–Kier alpha value is -0.930. The Bertz CT molecular complexity index is 403. The summed E-state index contributed by atoms with van der Waals surface area (Å²) < 4.78 is 0. The molecule has 1 aromatic rings. The van der Waals surface area contributed by atoms with Crippen LogP contribution in [0, 0.1) is 0 Å². The second-order valence-corrected chi connectivity index (χ2v) is 4.10. The van der Waals surface area contributed by atoms with E-state index in [-0.39, 0.29) is 5.56 Å². The number of rotatable bonds is 4. The molecule has 0 amide bonds. The summed E-state index contributed by atoms with van der Waals surface area (Å²) in [5.41, 5.74) is 0.671. The van der Waals surface area contributed by atoms with E-state index in [1.165, 1.54) is 6.07 Å². The summed E-state index contributed by atoms with van der Waals surface area (Å²) in [5, 5.41) is 9.81. The highest BCUT2D eigenvalue weighted by molar-refractivity contribution is 6.37. The van der Waals surface area contributed by atoms with Gasteiger partial charge in [-0.25, -0.2) is 4.79 Å². The van der Waals surface area contributed by atoms with Crippen LogP contribution < -0.4 is 4.90 Å². The second kappa shape index (κ2) is 5.41. The molecule has 0 bridgehead atoms. The van der Waals surface area contributed by atoms with E-state index in [1.54, 1.807) is 6.07 Å². The Morgan fingerprint density at radius 3 is 2.31 bits per heavy atom. The third-order valence-corrected chi connectivity index (χ3v) is 2.84. The van der Waals surface area contributed by atoms with Gasteiger partial charge in [0, 0.05) is 18.1 Å². The topological polar surface area (TPSA) is 40.5 Å². The molecule has 1 rings (SSSR count). The molecule has 0 aromatic heterocycles. The highest BCUT2D eigenvalue weighted by Crippen LogP contribution is 2.33. The van der Waals surface area contributed by atoms with Crippen LogP contribution in [0.5, 0.6) is 0 Å². The molecule has 0 saturated carbocycles. The van der Waals surface area contributed by atoms with Gasteiger partial charge in [-0.1, -0.05) is 23.2 Å². The van der Waals surface area contributed by atoms with Gasteiger partial charge in [0.1, 0.15) is 0 Å². The maximum Gasteiger partial charge on any atom is 0.337 e. The summed E-state index contributed by atoms with van der Waals surface area (Å²) >= 11 is 11.8. The summed E-state index contributed by atoms with van der Waals surface area (Å²) in [6.07, 6.45) is 0. The standard InChI is InChI=1S/C11H13Cl2NO2/c1-3-14(4-2)10-8(11(15)16)5-7(12)6-9(10)13/h5-6H,3-4H2,1-2H3,(H,15,16). The van der Waals surface area contributed by atoms with Crippen molar-refractivity contribution in [3.05, 3.63) is 27.7 Å². The molecular weight excluding hydrogens is 249 g/mol. The van der Waals surface area contributed by atoms with Crippen LogP contribution in [0.2, 0.25) is 10.0 Å². The van der Waals surface area contributed by atoms with Crippen molar-refractivity contribution in [3.8, 4) is 0 Å². The number of halogens is 2. The summed E-state index contributed by atoms with van der Waals surface area (Å²) in [4.78, 5) is 13.0. The van der Waals surface area contributed by atoms with Crippen molar-refractivity contribution in [2.75, 3.05) is 18.0 Å². The fraction of sp³-hybridized carbons (Fsp3) is 0.364. The van der Waals surface area contributed by atoms with Gasteiger partial charge in [-0.2, -0.15) is 0 Å². The number of benzene rings is 1. The third-order valence-electron chi connectivity index (χ3n) is 2.34. The van der Waals surface area contributed by atoms with Crippen LogP contribution in [0.3, 0.4) is 0 Å². The zero-order valence-corrected chi connectivity index (χ0v) is 10.6. The molecule has 0 atom stereocenters. The molecule has 16 heavy (non-hydrogen) atoms. The van der Waals surface area contributed by atoms with E-state index < -0.39 is 5.97 Å². The number of nitrogens with zero attached hydrogens (tertiary/aromatic N) is 1. The Labute approximate surface area is 105 Å². The van der Waals surface area contributed by atoms with Crippen LogP contribution in [0.4, 0.5) is 5.69 Å². The van der Waals surface area contributed by atoms with Crippen molar-refractivity contribution in [2.45, 2.75) is 13.8 Å². The first-order valence-corrected chi connectivity index (χ1v) is 5.74. The van der Waals surface area contributed by atoms with Crippen molar-refractivity contribution < 1.29 is 9.90 Å². The number of carboxylic acids is 1. The van der Waals surface area contributed by atoms with E-state index in [2.05, 4.69) is 0 Å². The largest absolute Gasteiger partial charge is 0.478 e. The average Bonchev–Trinajstić information content (AvgIpc) is 2.21. The quantitative estimate of drug-likeness (QED) is 0.902. The SMILES string of the molecule is CCN(CC)c1c(Cl)cc(Cl)cc1C(=O)O. The van der Waals surface area contributed by atoms with Gasteiger partial charge in [-0.15, -0.1) is 0 Å². The minimum absolute atomic E-state index is 0.140. The molecule has 0 aliphatic carbocycles. The van der Waals surface area contributed by atoms with Crippen LogP contribution in [0.1, 0.15) is 24.2 Å². The van der Waals surface area contributed by atoms with Crippen molar-refractivity contribution in [2.24, 2.45) is 0 Å². The van der Waals surface area contributed by atoms with Crippen molar-refractivity contribution >= 4 is 34.9 Å². The molecule has 0 fully saturated rings. The summed E-state index contributed by atoms with van der Waals surface area (Å²) in [6.45, 7) is 5.27. The van der Waals surface area contributed by atoms with E-state index >= 15 is 0 Å². The first-order valence-electron chi connectivity index (χ1n) is 4.98. The lowest BCUT2D eigenvalue weighted by Gasteiger charge is -2.24. The normalized spacial score (nSPS) is 10.2. The molecule has 0 spiro atoms. The highest BCUT2D eigenvalue weighted by Gasteiger charge is 2.18. The minimum atomic E-state index is -1.02. The van der Waals surface area contributed by atoms with Crippen molar-refractivity contribution in [3.63, 3.8) is 0 Å². The molecule has 0 aliphatic heterocycles. The molecule has 88 valence electrons. The molecule has 0 saturated heterocycles. The number of hydrogen-bond donors (Lipinski definition) is 1. The fourth-order valence-electron chi connectivity index (χ4n) is 1.59. The first-order chi connectivity index (χ1) is 7.51. The molecule has 0 heterocycles. The molecule has 5 heteroatoms. The van der Waals surface area contributed by atoms with E-state index in [9.17, 15) is 4.79 Å². The molecule has 3 nitrogen and oxygen atoms in total. The van der Waals surface area contributed by atoms with Gasteiger partial charge in [-0.3, -0.25) is 0 Å². The molecule has 1 N–H and O–H groups in total. The Morgan fingerprint density at radius 2 is 1.88 bits per heavy atom. The van der Waals surface area contributed by atoms with Crippen LogP contribution in [0.25, 0.3) is 0 Å². The minimum Gasteiger partial charge on any atom is -0.478 e. The maximum absolute atomic E-state index is 11.1. The lowest BCUT2D eigenvalue weighted by Crippen LogP contribution is -2.24. The van der Waals surface area contributed by atoms with Crippen molar-refractivity contribution in [1.29, 1.82) is 0 Å². The third kappa shape index (κ3) is 2.60. The van der Waals surface area contributed by atoms with Gasteiger partial charge in [0.2, 0.25) is 0 Å². The first kappa shape index (κ1) is 13.1. The predicted octanol–water partition coefficient (Wildman–Crippen LogP) is 3.54. The number of carboxylic acid groups (broad SMARTS) is 1. The molecule has 0 aliphatic rings. The smallest absolute Gasteiger partial charge is 0.337 e. The maximum atomic E-state index is 11.1. The van der Waals surface area contributed by atoms with E-state index in [4.69, 9.17) is 28.3 Å². The number of hydrogen-bond acceptors (Lipinski definition) is 2. The van der Waals surface area contributed by atoms with Crippen LogP contribution >= 0.6 is 23.2 Å². The van der Waals surface area contributed by atoms with Crippen molar-refractivity contribution in [1.82, 2.24) is 0 Å². The zero-order valence-electron chi connectivity index (χ0n) is 9.13. The fourth-order valence-corrected chi connectivity index (χ4v) is 2.20. The summed E-state index contributed by atoms with van der Waals surface area (Å²) in [6, 6.07) is 2.98. The summed E-state index contributed by atoms with van der Waals surface area (Å²) in [5.74, 6) is -1.02. The zero-order chi connectivity index (χ0) is 12.3. The van der Waals surface area contributed by atoms with Crippen LogP contribution in [0.15, 0.2) is 12.1 Å². The summed E-state index contributed by atoms with van der Waals surface area (Å²) in [7, 11) is 0. The second-order valence-electron chi connectivity index (χ2n) is 3.26. The molecule has 1 aromatic carbocycles. The number of carbonyl (C=O) groups is 1.